The van der Waals surface area contributed by atoms with Gasteiger partial charge in [0.15, 0.2) is 5.82 Å². The summed E-state index contributed by atoms with van der Waals surface area (Å²) in [7, 11) is 1.64. The molecular weight excluding hydrogens is 234 g/mol. The Balaban J connectivity index is 2.38. The topological polar surface area (TPSA) is 83.4 Å². The van der Waals surface area contributed by atoms with Gasteiger partial charge in [-0.3, -0.25) is 0 Å². The standard InChI is InChI=1S/C12H23N3O3/c1-4-6-12(2,13)11-14-10(15-18-11)5-7-17-9-8-16-3/h4-9,13H2,1-3H3. The second-order valence-electron chi connectivity index (χ2n) is 4.54. The Hall–Kier alpha value is -0.980. The fraction of sp³-hybridized carbons (Fsp3) is 0.833. The Morgan fingerprint density at radius 2 is 2.11 bits per heavy atom. The first kappa shape index (κ1) is 15.1. The zero-order valence-electron chi connectivity index (χ0n) is 11.4. The van der Waals surface area contributed by atoms with E-state index < -0.39 is 5.54 Å². The Kier molecular flexibility index (Phi) is 6.24. The molecule has 2 N–H and O–H groups in total. The van der Waals surface area contributed by atoms with Gasteiger partial charge in [0.1, 0.15) is 0 Å². The number of nitrogens with zero attached hydrogens (tertiary/aromatic N) is 2. The number of rotatable bonds is 9. The molecule has 18 heavy (non-hydrogen) atoms. The molecule has 1 atom stereocenters. The third kappa shape index (κ3) is 4.72. The molecule has 0 aliphatic rings. The SMILES string of the molecule is CCCC(C)(N)c1nc(CCOCCOC)no1. The van der Waals surface area contributed by atoms with Gasteiger partial charge in [0.2, 0.25) is 5.89 Å². The zero-order valence-corrected chi connectivity index (χ0v) is 11.4. The predicted molar refractivity (Wildman–Crippen MR) is 67.1 cm³/mol. The highest BCUT2D eigenvalue weighted by Crippen LogP contribution is 2.21. The van der Waals surface area contributed by atoms with Crippen molar-refractivity contribution in [3.8, 4) is 0 Å². The minimum atomic E-state index is -0.545. The number of methoxy groups -OCH3 is 1. The van der Waals surface area contributed by atoms with Gasteiger partial charge in [-0.1, -0.05) is 18.5 Å². The van der Waals surface area contributed by atoms with E-state index in [1.165, 1.54) is 0 Å². The van der Waals surface area contributed by atoms with E-state index in [4.69, 9.17) is 19.7 Å². The molecule has 1 unspecified atom stereocenters. The molecule has 0 saturated carbocycles. The van der Waals surface area contributed by atoms with E-state index in [1.54, 1.807) is 7.11 Å². The van der Waals surface area contributed by atoms with Crippen LogP contribution in [0.15, 0.2) is 4.52 Å². The number of aromatic nitrogens is 2. The van der Waals surface area contributed by atoms with E-state index in [1.807, 2.05) is 6.92 Å². The van der Waals surface area contributed by atoms with Crippen LogP contribution in [0.25, 0.3) is 0 Å². The van der Waals surface area contributed by atoms with Crippen molar-refractivity contribution in [2.45, 2.75) is 38.6 Å². The van der Waals surface area contributed by atoms with E-state index >= 15 is 0 Å². The Bertz CT molecular complexity index is 339. The van der Waals surface area contributed by atoms with Crippen molar-refractivity contribution >= 4 is 0 Å². The Morgan fingerprint density at radius 3 is 2.78 bits per heavy atom. The van der Waals surface area contributed by atoms with Crippen LogP contribution in [0.4, 0.5) is 0 Å². The largest absolute Gasteiger partial charge is 0.382 e. The van der Waals surface area contributed by atoms with Crippen molar-refractivity contribution < 1.29 is 14.0 Å². The fourth-order valence-corrected chi connectivity index (χ4v) is 1.62. The summed E-state index contributed by atoms with van der Waals surface area (Å²) in [4.78, 5) is 4.30. The number of nitrogens with two attached hydrogens (primary N) is 1. The van der Waals surface area contributed by atoms with Gasteiger partial charge in [0, 0.05) is 13.5 Å². The summed E-state index contributed by atoms with van der Waals surface area (Å²) in [6.07, 6.45) is 2.42. The molecule has 0 aliphatic carbocycles. The molecule has 6 heteroatoms. The first-order valence-electron chi connectivity index (χ1n) is 6.28. The van der Waals surface area contributed by atoms with Gasteiger partial charge in [0.05, 0.1) is 25.4 Å². The minimum Gasteiger partial charge on any atom is -0.382 e. The van der Waals surface area contributed by atoms with Crippen LogP contribution in [0, 0.1) is 0 Å². The van der Waals surface area contributed by atoms with Crippen LogP contribution >= 0.6 is 0 Å². The van der Waals surface area contributed by atoms with E-state index in [2.05, 4.69) is 17.1 Å². The highest BCUT2D eigenvalue weighted by molar-refractivity contribution is 4.99. The average Bonchev–Trinajstić information content (AvgIpc) is 2.78. The van der Waals surface area contributed by atoms with Crippen LogP contribution in [0.5, 0.6) is 0 Å². The first-order valence-corrected chi connectivity index (χ1v) is 6.28. The van der Waals surface area contributed by atoms with Crippen LogP contribution in [-0.2, 0) is 21.4 Å². The van der Waals surface area contributed by atoms with Gasteiger partial charge in [-0.25, -0.2) is 0 Å². The molecule has 6 nitrogen and oxygen atoms in total. The lowest BCUT2D eigenvalue weighted by atomic mass is 9.98. The van der Waals surface area contributed by atoms with Gasteiger partial charge < -0.3 is 19.7 Å². The molecule has 1 heterocycles. The summed E-state index contributed by atoms with van der Waals surface area (Å²) in [5, 5.41) is 3.91. The molecule has 0 radical (unpaired) electrons. The van der Waals surface area contributed by atoms with E-state index in [-0.39, 0.29) is 0 Å². The maximum Gasteiger partial charge on any atom is 0.246 e. The summed E-state index contributed by atoms with van der Waals surface area (Å²) in [6, 6.07) is 0. The van der Waals surface area contributed by atoms with E-state index in [9.17, 15) is 0 Å². The van der Waals surface area contributed by atoms with Crippen molar-refractivity contribution in [1.82, 2.24) is 10.1 Å². The van der Waals surface area contributed by atoms with E-state index in [0.717, 1.165) is 12.8 Å². The molecule has 0 fully saturated rings. The smallest absolute Gasteiger partial charge is 0.246 e. The van der Waals surface area contributed by atoms with Gasteiger partial charge in [0.25, 0.3) is 0 Å². The molecule has 104 valence electrons. The van der Waals surface area contributed by atoms with Crippen molar-refractivity contribution in [2.24, 2.45) is 5.73 Å². The number of hydrogen-bond donors (Lipinski definition) is 1. The van der Waals surface area contributed by atoms with Gasteiger partial charge in [-0.2, -0.15) is 4.98 Å². The second-order valence-corrected chi connectivity index (χ2v) is 4.54. The Morgan fingerprint density at radius 1 is 1.33 bits per heavy atom. The predicted octanol–water partition coefficient (Wildman–Crippen LogP) is 1.25. The summed E-state index contributed by atoms with van der Waals surface area (Å²) in [5.74, 6) is 1.13. The monoisotopic (exact) mass is 257 g/mol. The lowest BCUT2D eigenvalue weighted by Crippen LogP contribution is -2.33. The highest BCUT2D eigenvalue weighted by Gasteiger charge is 2.27. The Labute approximate surface area is 108 Å². The molecule has 0 spiro atoms. The fourth-order valence-electron chi connectivity index (χ4n) is 1.62. The van der Waals surface area contributed by atoms with Gasteiger partial charge in [-0.15, -0.1) is 0 Å². The molecule has 1 aromatic heterocycles. The summed E-state index contributed by atoms with van der Waals surface area (Å²) >= 11 is 0. The lowest BCUT2D eigenvalue weighted by molar-refractivity contribution is 0.0714. The quantitative estimate of drug-likeness (QED) is 0.670. The normalized spacial score (nSPS) is 14.7. The third-order valence-corrected chi connectivity index (χ3v) is 2.63. The van der Waals surface area contributed by atoms with Crippen molar-refractivity contribution in [1.29, 1.82) is 0 Å². The third-order valence-electron chi connectivity index (χ3n) is 2.63. The first-order chi connectivity index (χ1) is 8.60. The molecule has 0 aromatic carbocycles. The molecule has 0 aliphatic heterocycles. The second kappa shape index (κ2) is 7.45. The van der Waals surface area contributed by atoms with Crippen LogP contribution in [0.1, 0.15) is 38.4 Å². The summed E-state index contributed by atoms with van der Waals surface area (Å²) in [5.41, 5.74) is 5.57. The van der Waals surface area contributed by atoms with Crippen molar-refractivity contribution in [2.75, 3.05) is 26.9 Å². The molecule has 0 saturated heterocycles. The van der Waals surface area contributed by atoms with Crippen molar-refractivity contribution in [3.63, 3.8) is 0 Å². The molecular formula is C12H23N3O3. The van der Waals surface area contributed by atoms with Crippen LogP contribution in [0.2, 0.25) is 0 Å². The van der Waals surface area contributed by atoms with Crippen LogP contribution in [-0.4, -0.2) is 37.1 Å². The highest BCUT2D eigenvalue weighted by atomic mass is 16.5. The summed E-state index contributed by atoms with van der Waals surface area (Å²) in [6.45, 7) is 5.70. The maximum absolute atomic E-state index is 6.11. The van der Waals surface area contributed by atoms with Gasteiger partial charge >= 0.3 is 0 Å². The summed E-state index contributed by atoms with van der Waals surface area (Å²) < 4.78 is 15.4. The number of ether oxygens (including phenoxy) is 2. The minimum absolute atomic E-state index is 0.497. The van der Waals surface area contributed by atoms with E-state index in [0.29, 0.717) is 38.0 Å². The maximum atomic E-state index is 6.11. The van der Waals surface area contributed by atoms with Crippen LogP contribution in [0.3, 0.4) is 0 Å². The molecule has 1 aromatic rings. The van der Waals surface area contributed by atoms with Crippen LogP contribution < -0.4 is 5.73 Å². The van der Waals surface area contributed by atoms with Crippen molar-refractivity contribution in [3.05, 3.63) is 11.7 Å². The molecule has 1 rings (SSSR count). The van der Waals surface area contributed by atoms with Gasteiger partial charge in [-0.05, 0) is 13.3 Å². The lowest BCUT2D eigenvalue weighted by Gasteiger charge is -2.18. The average molecular weight is 257 g/mol. The zero-order chi connectivity index (χ0) is 13.4. The molecule has 0 bridgehead atoms. The number of hydrogen-bond acceptors (Lipinski definition) is 6. The molecule has 0 amide bonds.